The molecule has 8 rings (SSSR count). The Morgan fingerprint density at radius 1 is 0.622 bits per heavy atom. The Bertz CT molecular complexity index is 3490. The number of fused-ring (bicyclic) bond motifs is 2. The van der Waals surface area contributed by atoms with E-state index in [0.717, 1.165) is 0 Å². The summed E-state index contributed by atoms with van der Waals surface area (Å²) in [6.07, 6.45) is -8.33. The second-order valence-corrected chi connectivity index (χ2v) is 25.5. The Labute approximate surface area is 513 Å². The number of carbonyl (C=O) groups is 2. The topological polar surface area (TPSA) is 519 Å². The average Bonchev–Trinajstić information content (AvgIpc) is 1.62. The van der Waals surface area contributed by atoms with Crippen molar-refractivity contribution in [3.63, 3.8) is 0 Å². The molecule has 2 aliphatic rings. The molecule has 2 aromatic carbocycles. The van der Waals surface area contributed by atoms with Gasteiger partial charge in [0.15, 0.2) is 58.8 Å². The van der Waals surface area contributed by atoms with Gasteiger partial charge in [0.05, 0.1) is 38.1 Å². The summed E-state index contributed by atoms with van der Waals surface area (Å²) in [5.41, 5.74) is 9.18. The monoisotopic (exact) mass is 1360 g/mol. The number of ether oxygens (including phenoxy) is 4. The Hall–Kier alpha value is -6.98. The lowest BCUT2D eigenvalue weighted by molar-refractivity contribution is -0.150. The molecule has 2 aliphatic heterocycles. The first-order valence-electron chi connectivity index (χ1n) is 26.4. The first-order chi connectivity index (χ1) is 41.7. The van der Waals surface area contributed by atoms with E-state index in [2.05, 4.69) is 50.7 Å². The Kier molecular flexibility index (Phi) is 24.9. The molecule has 0 aliphatic carbocycles. The molecule has 4 aromatic heterocycles. The van der Waals surface area contributed by atoms with Gasteiger partial charge in [-0.25, -0.2) is 27.9 Å². The van der Waals surface area contributed by atoms with E-state index in [1.165, 1.54) is 49.5 Å². The number of anilines is 4. The predicted molar refractivity (Wildman–Crippen MR) is 315 cm³/mol. The molecule has 14 N–H and O–H groups in total. The number of esters is 2. The molecule has 2 saturated heterocycles. The largest absolute Gasteiger partial charge is 0.462 e. The number of nitrogen functional groups attached to an aromatic ring is 2. The molecular weight excluding hydrogens is 1290 g/mol. The fourth-order valence-corrected chi connectivity index (χ4v) is 11.3. The number of aliphatic hydroxyl groups excluding tert-OH is 2. The van der Waals surface area contributed by atoms with Crippen molar-refractivity contribution >= 4 is 94.1 Å². The first kappa shape index (κ1) is 73.8. The maximum Gasteiger partial charge on any atom is 0.459 e. The molecule has 6 aromatic rings. The molecule has 0 unspecified atom stereocenters. The third kappa shape index (κ3) is 20.5. The molecule has 90 heavy (non-hydrogen) atoms. The highest BCUT2D eigenvalue weighted by atomic mass is 32.3. The fraction of sp³-hybridized carbons (Fsp3) is 0.500. The minimum Gasteiger partial charge on any atom is -0.462 e. The zero-order chi connectivity index (χ0) is 67.5. The van der Waals surface area contributed by atoms with Gasteiger partial charge >= 0.3 is 48.2 Å². The lowest BCUT2D eigenvalue weighted by Gasteiger charge is -2.30. The third-order valence-electron chi connectivity index (χ3n) is 12.2. The van der Waals surface area contributed by atoms with E-state index in [-0.39, 0.29) is 34.7 Å². The molecule has 36 nitrogen and oxygen atoms in total. The molecule has 500 valence electrons. The van der Waals surface area contributed by atoms with Crippen LogP contribution in [0.1, 0.15) is 67.8 Å². The van der Waals surface area contributed by atoms with Crippen molar-refractivity contribution in [3.05, 3.63) is 73.3 Å². The van der Waals surface area contributed by atoms with Crippen LogP contribution in [0.4, 0.5) is 32.3 Å². The number of aliphatic hydroxyl groups is 2. The number of hydrogen-bond acceptors (Lipinski definition) is 28. The van der Waals surface area contributed by atoms with Crippen molar-refractivity contribution in [1.82, 2.24) is 49.2 Å². The maximum atomic E-state index is 15.5. The number of rotatable bonds is 22. The van der Waals surface area contributed by atoms with Gasteiger partial charge in [-0.1, -0.05) is 36.4 Å². The summed E-state index contributed by atoms with van der Waals surface area (Å²) in [5, 5.41) is 32.5. The van der Waals surface area contributed by atoms with Gasteiger partial charge in [-0.3, -0.25) is 46.0 Å². The molecule has 12 atom stereocenters. The van der Waals surface area contributed by atoms with Crippen LogP contribution in [0.5, 0.6) is 11.5 Å². The molecular formula is C48H70F2N14O22P2S2. The van der Waals surface area contributed by atoms with E-state index in [4.69, 9.17) is 83.6 Å². The van der Waals surface area contributed by atoms with Crippen LogP contribution in [0.3, 0.4) is 0 Å². The number of halogens is 2. The number of imidazole rings is 2. The standard InChI is InChI=1S/2C24H33FN7O7P.2H2O4S/c2*1-13(2)37-22(34)14(3)31-40(35,39-15-9-7-6-8-10-15)36-11-24(4)18(33)16(25)21(38-24)32-12-28-17-19(27-5)29-23(26)30-20(17)32;2*1-5(2,3)4/h2*6-10,12-14,16,18,21,33H,11H2,1-5H3,(H,31,35)(H3,26,27,29,30);2*(H2,1,2,3,4)/t2*14-,16+,18-,21+,24+,40-;;/m00../s1. The SMILES string of the molecule is CNc1nc(N)nc2c1ncn2[C@@H]1O[C@](C)(CO[P@@](=O)(N[C@@H](C)C(=O)OC(C)C)Oc2ccccc2)[C@@H](O)[C@H]1F.CNc1nc(N)nc2c1ncn2[C@@H]1O[C@](C)(CO[P@@](=O)(N[C@@H](C)C(=O)OC(C)C)Oc2ccccc2)[C@@H](O)[C@H]1F.O=S(=O)(O)O.O=S(=O)(O)O. The molecule has 6 heterocycles. The van der Waals surface area contributed by atoms with Gasteiger partial charge in [0.1, 0.15) is 47.0 Å². The Balaban J connectivity index is 0.000000284. The quantitative estimate of drug-likeness (QED) is 0.0261. The highest BCUT2D eigenvalue weighted by molar-refractivity contribution is 7.80. The number of nitrogens with one attached hydrogen (secondary N) is 4. The minimum atomic E-state index is -4.67. The number of nitrogens with two attached hydrogens (primary N) is 2. The van der Waals surface area contributed by atoms with Crippen molar-refractivity contribution in [2.24, 2.45) is 0 Å². The molecule has 2 fully saturated rings. The normalized spacial score (nSPS) is 23.6. The summed E-state index contributed by atoms with van der Waals surface area (Å²) in [5.74, 6) is -0.487. The van der Waals surface area contributed by atoms with Gasteiger partial charge in [0.2, 0.25) is 11.9 Å². The van der Waals surface area contributed by atoms with Crippen LogP contribution in [0.15, 0.2) is 73.3 Å². The summed E-state index contributed by atoms with van der Waals surface area (Å²) in [7, 11) is -14.7. The van der Waals surface area contributed by atoms with Crippen molar-refractivity contribution in [2.75, 3.05) is 49.4 Å². The van der Waals surface area contributed by atoms with Gasteiger partial charge in [-0.05, 0) is 79.7 Å². The number of hydrogen-bond donors (Lipinski definition) is 12. The second-order valence-electron chi connectivity index (χ2n) is 20.3. The van der Waals surface area contributed by atoms with Crippen LogP contribution in [-0.2, 0) is 67.5 Å². The molecule has 0 amide bonds. The van der Waals surface area contributed by atoms with E-state index in [1.54, 1.807) is 102 Å². The number of para-hydroxylation sites is 2. The number of aromatic nitrogens is 8. The third-order valence-corrected chi connectivity index (χ3v) is 15.4. The second kappa shape index (κ2) is 30.4. The minimum absolute atomic E-state index is 0.0752. The Morgan fingerprint density at radius 3 is 1.22 bits per heavy atom. The maximum absolute atomic E-state index is 15.5. The van der Waals surface area contributed by atoms with Crippen LogP contribution in [0.2, 0.25) is 0 Å². The van der Waals surface area contributed by atoms with Crippen molar-refractivity contribution < 1.29 is 110 Å². The number of nitrogens with zero attached hydrogens (tertiary/aromatic N) is 8. The van der Waals surface area contributed by atoms with Gasteiger partial charge in [-0.2, -0.15) is 46.9 Å². The average molecular weight is 1360 g/mol. The van der Waals surface area contributed by atoms with Gasteiger partial charge in [0, 0.05) is 14.1 Å². The summed E-state index contributed by atoms with van der Waals surface area (Å²) >= 11 is 0. The molecule has 0 saturated carbocycles. The van der Waals surface area contributed by atoms with E-state index < -0.39 is 134 Å². The summed E-state index contributed by atoms with van der Waals surface area (Å²) in [6, 6.07) is 14.1. The van der Waals surface area contributed by atoms with Crippen LogP contribution >= 0.6 is 15.5 Å². The molecule has 0 bridgehead atoms. The zero-order valence-electron chi connectivity index (χ0n) is 49.5. The van der Waals surface area contributed by atoms with Gasteiger partial charge in [-0.15, -0.1) is 0 Å². The highest BCUT2D eigenvalue weighted by Gasteiger charge is 2.56. The summed E-state index contributed by atoms with van der Waals surface area (Å²) in [4.78, 5) is 49.6. The van der Waals surface area contributed by atoms with E-state index in [1.807, 2.05) is 0 Å². The molecule has 0 spiro atoms. The highest BCUT2D eigenvalue weighted by Crippen LogP contribution is 2.50. The van der Waals surface area contributed by atoms with Crippen molar-refractivity contribution in [2.45, 2.75) is 128 Å². The van der Waals surface area contributed by atoms with Crippen LogP contribution in [-0.4, -0.2) is 184 Å². The first-order valence-corrected chi connectivity index (χ1v) is 32.3. The summed E-state index contributed by atoms with van der Waals surface area (Å²) in [6.45, 7) is 11.2. The van der Waals surface area contributed by atoms with E-state index in [0.29, 0.717) is 22.7 Å². The number of carbonyl (C=O) groups excluding carboxylic acids is 2. The van der Waals surface area contributed by atoms with Gasteiger partial charge in [0.25, 0.3) is 0 Å². The van der Waals surface area contributed by atoms with E-state index in [9.17, 15) is 28.9 Å². The summed E-state index contributed by atoms with van der Waals surface area (Å²) < 4.78 is 169. The zero-order valence-corrected chi connectivity index (χ0v) is 53.0. The lowest BCUT2D eigenvalue weighted by Crippen LogP contribution is -2.44. The fourth-order valence-electron chi connectivity index (χ4n) is 8.15. The lowest BCUT2D eigenvalue weighted by atomic mass is 9.99. The number of alkyl halides is 2. The number of benzene rings is 2. The predicted octanol–water partition coefficient (Wildman–Crippen LogP) is 3.83. The Morgan fingerprint density at radius 2 is 0.933 bits per heavy atom. The smallest absolute Gasteiger partial charge is 0.459 e. The van der Waals surface area contributed by atoms with E-state index >= 15 is 8.78 Å². The van der Waals surface area contributed by atoms with Crippen LogP contribution in [0, 0.1) is 0 Å². The van der Waals surface area contributed by atoms with Crippen molar-refractivity contribution in [3.8, 4) is 11.5 Å². The van der Waals surface area contributed by atoms with Crippen LogP contribution < -0.4 is 41.3 Å². The van der Waals surface area contributed by atoms with Crippen molar-refractivity contribution in [1.29, 1.82) is 0 Å². The van der Waals surface area contributed by atoms with Gasteiger partial charge < -0.3 is 60.3 Å². The van der Waals surface area contributed by atoms with Crippen LogP contribution in [0.25, 0.3) is 22.3 Å². The molecule has 0 radical (unpaired) electrons. The molecule has 42 heteroatoms.